The van der Waals surface area contributed by atoms with Crippen molar-refractivity contribution < 1.29 is 19.0 Å². The molecule has 4 heterocycles. The third kappa shape index (κ3) is 5.71. The van der Waals surface area contributed by atoms with Crippen LogP contribution in [0.1, 0.15) is 30.5 Å². The van der Waals surface area contributed by atoms with Gasteiger partial charge in [0.05, 0.1) is 36.3 Å². The van der Waals surface area contributed by atoms with Gasteiger partial charge in [-0.3, -0.25) is 4.90 Å². The van der Waals surface area contributed by atoms with Gasteiger partial charge in [-0.25, -0.2) is 9.18 Å². The molecule has 4 aliphatic rings. The second-order valence-electron chi connectivity index (χ2n) is 12.8. The fourth-order valence-electron chi connectivity index (χ4n) is 7.22. The second kappa shape index (κ2) is 11.9. The van der Waals surface area contributed by atoms with E-state index in [1.54, 1.807) is 6.07 Å². The van der Waals surface area contributed by atoms with Crippen LogP contribution in [0.2, 0.25) is 0 Å². The summed E-state index contributed by atoms with van der Waals surface area (Å²) in [6, 6.07) is 13.0. The lowest BCUT2D eigenvalue weighted by Crippen LogP contribution is -2.55. The van der Waals surface area contributed by atoms with Crippen molar-refractivity contribution in [2.24, 2.45) is 0 Å². The summed E-state index contributed by atoms with van der Waals surface area (Å²) in [4.78, 5) is 32.3. The van der Waals surface area contributed by atoms with E-state index in [9.17, 15) is 15.2 Å². The molecule has 0 radical (unpaired) electrons. The van der Waals surface area contributed by atoms with E-state index in [0.29, 0.717) is 50.6 Å². The van der Waals surface area contributed by atoms with Gasteiger partial charge in [0.1, 0.15) is 18.2 Å². The Bertz CT molecular complexity index is 1630. The van der Waals surface area contributed by atoms with Crippen LogP contribution in [-0.2, 0) is 13.0 Å². The predicted octanol–water partition coefficient (Wildman–Crippen LogP) is 3.57. The topological polar surface area (TPSA) is 112 Å². The van der Waals surface area contributed by atoms with Crippen LogP contribution < -0.4 is 14.5 Å². The van der Waals surface area contributed by atoms with Gasteiger partial charge in [-0.1, -0.05) is 24.3 Å². The number of hydrogen-bond donors (Lipinski definition) is 1. The maximum atomic E-state index is 15.1. The number of piperazine rings is 2. The number of anilines is 2. The van der Waals surface area contributed by atoms with E-state index in [1.165, 1.54) is 11.0 Å². The van der Waals surface area contributed by atoms with Crippen LogP contribution in [-0.4, -0.2) is 113 Å². The summed E-state index contributed by atoms with van der Waals surface area (Å²) in [5.41, 5.74) is 2.67. The molecule has 1 aliphatic carbocycles. The largest absolute Gasteiger partial charge is 0.465 e. The van der Waals surface area contributed by atoms with E-state index in [1.807, 2.05) is 24.3 Å². The minimum atomic E-state index is -1.01. The number of amides is 1. The van der Waals surface area contributed by atoms with E-state index in [2.05, 4.69) is 32.7 Å². The van der Waals surface area contributed by atoms with Gasteiger partial charge in [0.2, 0.25) is 0 Å². The Balaban J connectivity index is 1.20. The Morgan fingerprint density at radius 2 is 1.84 bits per heavy atom. The number of nitriles is 1. The van der Waals surface area contributed by atoms with Gasteiger partial charge in [0, 0.05) is 69.0 Å². The summed E-state index contributed by atoms with van der Waals surface area (Å²) in [7, 11) is 2.16. The summed E-state index contributed by atoms with van der Waals surface area (Å²) >= 11 is 0. The van der Waals surface area contributed by atoms with Gasteiger partial charge < -0.3 is 29.4 Å². The lowest BCUT2D eigenvalue weighted by Gasteiger charge is -2.41. The van der Waals surface area contributed by atoms with Crippen LogP contribution in [0.5, 0.6) is 6.01 Å². The fourth-order valence-corrected chi connectivity index (χ4v) is 7.22. The van der Waals surface area contributed by atoms with E-state index in [0.717, 1.165) is 67.2 Å². The van der Waals surface area contributed by atoms with Gasteiger partial charge in [0.25, 0.3) is 0 Å². The number of carbonyl (C=O) groups is 1. The number of carboxylic acid groups (broad SMARTS) is 1. The zero-order valence-corrected chi connectivity index (χ0v) is 25.7. The maximum absolute atomic E-state index is 15.1. The number of nitrogens with zero attached hydrogens (tertiary/aromatic N) is 8. The van der Waals surface area contributed by atoms with Gasteiger partial charge >= 0.3 is 12.1 Å². The van der Waals surface area contributed by atoms with Crippen LogP contribution in [0.4, 0.5) is 20.7 Å². The van der Waals surface area contributed by atoms with Crippen molar-refractivity contribution in [3.63, 3.8) is 0 Å². The number of likely N-dealkylation sites (N-methyl/N-ethyl adjacent to an activating group) is 1. The Kier molecular flexibility index (Phi) is 7.83. The highest BCUT2D eigenvalue weighted by molar-refractivity contribution is 5.95. The smallest absolute Gasteiger partial charge is 0.407 e. The summed E-state index contributed by atoms with van der Waals surface area (Å²) in [6.45, 7) is 6.85. The highest BCUT2D eigenvalue weighted by Crippen LogP contribution is 2.43. The van der Waals surface area contributed by atoms with Crippen molar-refractivity contribution >= 4 is 28.4 Å². The third-order valence-corrected chi connectivity index (χ3v) is 10.0. The van der Waals surface area contributed by atoms with Crippen molar-refractivity contribution in [2.45, 2.75) is 43.8 Å². The fraction of sp³-hybridized carbons (Fsp3) is 0.515. The van der Waals surface area contributed by atoms with E-state index in [-0.39, 0.29) is 24.3 Å². The average molecular weight is 615 g/mol. The average Bonchev–Trinajstić information content (AvgIpc) is 3.84. The molecular formula is C33H39FN8O3. The molecule has 2 saturated heterocycles. The lowest BCUT2D eigenvalue weighted by atomic mass is 10.0. The van der Waals surface area contributed by atoms with Crippen LogP contribution in [0.3, 0.4) is 0 Å². The molecule has 1 N–H and O–H groups in total. The molecule has 1 atom stereocenters. The molecule has 3 aliphatic heterocycles. The summed E-state index contributed by atoms with van der Waals surface area (Å²) in [6.07, 6.45) is 1.90. The van der Waals surface area contributed by atoms with Gasteiger partial charge in [-0.05, 0) is 43.8 Å². The van der Waals surface area contributed by atoms with Crippen molar-refractivity contribution in [1.82, 2.24) is 24.7 Å². The lowest BCUT2D eigenvalue weighted by molar-refractivity contribution is 0.0650. The molecule has 7 rings (SSSR count). The second-order valence-corrected chi connectivity index (χ2v) is 12.8. The summed E-state index contributed by atoms with van der Waals surface area (Å²) in [5, 5.41) is 20.6. The van der Waals surface area contributed by atoms with Gasteiger partial charge in [-0.2, -0.15) is 15.2 Å². The highest BCUT2D eigenvalue weighted by atomic mass is 19.1. The minimum Gasteiger partial charge on any atom is -0.465 e. The number of halogens is 1. The van der Waals surface area contributed by atoms with Crippen molar-refractivity contribution in [1.29, 1.82) is 5.26 Å². The first kappa shape index (κ1) is 29.5. The Labute approximate surface area is 262 Å². The van der Waals surface area contributed by atoms with Crippen molar-refractivity contribution in [2.75, 3.05) is 75.8 Å². The van der Waals surface area contributed by atoms with Gasteiger partial charge in [-0.15, -0.1) is 0 Å². The minimum absolute atomic E-state index is 0.0121. The Hall–Kier alpha value is -4.21. The molecule has 0 spiro atoms. The SMILES string of the molecule is CN1CCN(C2(COc3nc4c(c(N5CCN(C(=O)O)C(CC#N)C5)n3)CCN(c3cccc5cccc(F)c35)C4)CC2)CC1. The molecule has 0 bridgehead atoms. The number of hydrogen-bond acceptors (Lipinski definition) is 9. The highest BCUT2D eigenvalue weighted by Gasteiger charge is 2.49. The Morgan fingerprint density at radius 3 is 2.58 bits per heavy atom. The number of benzene rings is 2. The molecule has 1 saturated carbocycles. The molecule has 3 aromatic rings. The summed E-state index contributed by atoms with van der Waals surface area (Å²) < 4.78 is 21.5. The molecule has 11 nitrogen and oxygen atoms in total. The van der Waals surface area contributed by atoms with E-state index < -0.39 is 12.1 Å². The molecule has 12 heteroatoms. The van der Waals surface area contributed by atoms with Crippen LogP contribution >= 0.6 is 0 Å². The van der Waals surface area contributed by atoms with Crippen molar-refractivity contribution in [3.8, 4) is 12.1 Å². The first-order chi connectivity index (χ1) is 21.8. The normalized spacial score (nSPS) is 21.8. The summed E-state index contributed by atoms with van der Waals surface area (Å²) in [5.74, 6) is 0.496. The molecule has 2 aromatic carbocycles. The molecule has 236 valence electrons. The zero-order valence-electron chi connectivity index (χ0n) is 25.7. The third-order valence-electron chi connectivity index (χ3n) is 10.0. The van der Waals surface area contributed by atoms with Crippen molar-refractivity contribution in [3.05, 3.63) is 53.5 Å². The predicted molar refractivity (Wildman–Crippen MR) is 168 cm³/mol. The maximum Gasteiger partial charge on any atom is 0.407 e. The molecule has 1 amide bonds. The molecular weight excluding hydrogens is 575 g/mol. The first-order valence-corrected chi connectivity index (χ1v) is 15.8. The molecule has 1 unspecified atom stereocenters. The van der Waals surface area contributed by atoms with E-state index >= 15 is 4.39 Å². The zero-order chi connectivity index (χ0) is 31.1. The quantitative estimate of drug-likeness (QED) is 0.424. The van der Waals surface area contributed by atoms with Crippen LogP contribution in [0, 0.1) is 17.1 Å². The first-order valence-electron chi connectivity index (χ1n) is 15.8. The van der Waals surface area contributed by atoms with Crippen LogP contribution in [0.15, 0.2) is 36.4 Å². The molecule has 3 fully saturated rings. The number of aromatic nitrogens is 2. The number of fused-ring (bicyclic) bond motifs is 2. The number of rotatable bonds is 7. The number of ether oxygens (including phenoxy) is 1. The van der Waals surface area contributed by atoms with Gasteiger partial charge in [0.15, 0.2) is 0 Å². The standard InChI is InChI=1S/C33H39FN8O3/c1-38-14-17-41(18-15-38)33(10-11-33)22-45-31-36-27-21-39(28-7-3-5-23-4-2-6-26(34)29(23)28)13-9-25(27)30(37-31)40-16-19-42(32(43)44)24(20-40)8-12-35/h2-7,24H,8-11,13-22H2,1H3,(H,43,44). The Morgan fingerprint density at radius 1 is 1.07 bits per heavy atom. The molecule has 45 heavy (non-hydrogen) atoms. The molecule has 1 aromatic heterocycles. The van der Waals surface area contributed by atoms with E-state index in [4.69, 9.17) is 14.7 Å². The monoisotopic (exact) mass is 614 g/mol. The van der Waals surface area contributed by atoms with Crippen LogP contribution in [0.25, 0.3) is 10.8 Å².